The van der Waals surface area contributed by atoms with E-state index in [-0.39, 0.29) is 12.5 Å². The zero-order valence-electron chi connectivity index (χ0n) is 14.4. The molecule has 1 atom stereocenters. The minimum Gasteiger partial charge on any atom is -0.395 e. The van der Waals surface area contributed by atoms with Gasteiger partial charge >= 0.3 is 0 Å². The highest BCUT2D eigenvalue weighted by atomic mass is 16.3. The predicted octanol–water partition coefficient (Wildman–Crippen LogP) is 3.03. The number of likely N-dealkylation sites (tertiary alicyclic amines) is 1. The monoisotopic (exact) mass is 334 g/mol. The molecule has 0 saturated carbocycles. The number of carbonyl (C=O) groups is 1. The number of nitrogens with zero attached hydrogens (tertiary/aromatic N) is 2. The molecule has 25 heavy (non-hydrogen) atoms. The molecule has 2 aromatic rings. The van der Waals surface area contributed by atoms with Crippen LogP contribution in [0.5, 0.6) is 0 Å². The molecular weight excluding hydrogens is 312 g/mol. The van der Waals surface area contributed by atoms with Crippen molar-refractivity contribution in [3.63, 3.8) is 0 Å². The smallest absolute Gasteiger partial charge is 0.253 e. The highest BCUT2D eigenvalue weighted by Crippen LogP contribution is 2.34. The summed E-state index contributed by atoms with van der Waals surface area (Å²) in [5, 5.41) is 19.3. The summed E-state index contributed by atoms with van der Waals surface area (Å²) in [6.07, 6.45) is 1.70. The SMILES string of the molecule is Cc1ccc(C(=O)N2CCCC(CO)(c3ccccc3)C2)cc1C#N. The Morgan fingerprint density at radius 1 is 1.28 bits per heavy atom. The van der Waals surface area contributed by atoms with Crippen LogP contribution in [0.1, 0.15) is 39.9 Å². The molecule has 2 aromatic carbocycles. The fraction of sp³-hybridized carbons (Fsp3) is 0.333. The van der Waals surface area contributed by atoms with Crippen molar-refractivity contribution in [1.82, 2.24) is 4.90 Å². The molecule has 0 spiro atoms. The van der Waals surface area contributed by atoms with Gasteiger partial charge in [0, 0.05) is 24.1 Å². The molecule has 128 valence electrons. The first kappa shape index (κ1) is 17.2. The Morgan fingerprint density at radius 2 is 2.04 bits per heavy atom. The highest BCUT2D eigenvalue weighted by Gasteiger charge is 2.38. The minimum absolute atomic E-state index is 0.0120. The van der Waals surface area contributed by atoms with E-state index in [4.69, 9.17) is 0 Å². The number of hydrogen-bond acceptors (Lipinski definition) is 3. The van der Waals surface area contributed by atoms with Gasteiger partial charge in [-0.15, -0.1) is 0 Å². The number of aliphatic hydroxyl groups is 1. The van der Waals surface area contributed by atoms with Crippen molar-refractivity contribution < 1.29 is 9.90 Å². The van der Waals surface area contributed by atoms with E-state index in [1.807, 2.05) is 43.3 Å². The maximum Gasteiger partial charge on any atom is 0.253 e. The van der Waals surface area contributed by atoms with Crippen LogP contribution in [0.2, 0.25) is 0 Å². The minimum atomic E-state index is -0.419. The number of rotatable bonds is 3. The van der Waals surface area contributed by atoms with Crippen LogP contribution in [-0.2, 0) is 5.41 Å². The molecular formula is C21H22N2O2. The summed E-state index contributed by atoms with van der Waals surface area (Å²) in [6, 6.07) is 17.3. The summed E-state index contributed by atoms with van der Waals surface area (Å²) in [5.74, 6) is -0.0787. The normalized spacial score (nSPS) is 20.1. The second-order valence-electron chi connectivity index (χ2n) is 6.78. The molecule has 3 rings (SSSR count). The lowest BCUT2D eigenvalue weighted by Gasteiger charge is -2.42. The van der Waals surface area contributed by atoms with Gasteiger partial charge in [-0.2, -0.15) is 5.26 Å². The van der Waals surface area contributed by atoms with Gasteiger partial charge in [-0.25, -0.2) is 0 Å². The molecule has 1 aliphatic rings. The van der Waals surface area contributed by atoms with E-state index < -0.39 is 5.41 Å². The molecule has 1 heterocycles. The largest absolute Gasteiger partial charge is 0.395 e. The van der Waals surface area contributed by atoms with Gasteiger partial charge in [0.25, 0.3) is 5.91 Å². The van der Waals surface area contributed by atoms with Crippen LogP contribution >= 0.6 is 0 Å². The van der Waals surface area contributed by atoms with Crippen LogP contribution in [0.15, 0.2) is 48.5 Å². The zero-order chi connectivity index (χ0) is 17.9. The summed E-state index contributed by atoms with van der Waals surface area (Å²) < 4.78 is 0. The molecule has 1 aliphatic heterocycles. The maximum absolute atomic E-state index is 12.9. The number of aryl methyl sites for hydroxylation is 1. The summed E-state index contributed by atoms with van der Waals surface area (Å²) in [7, 11) is 0. The number of amides is 1. The van der Waals surface area contributed by atoms with Crippen LogP contribution in [0, 0.1) is 18.3 Å². The van der Waals surface area contributed by atoms with Crippen molar-refractivity contribution in [3.8, 4) is 6.07 Å². The average molecular weight is 334 g/mol. The van der Waals surface area contributed by atoms with Crippen LogP contribution in [0.3, 0.4) is 0 Å². The Labute approximate surface area is 148 Å². The average Bonchev–Trinajstić information content (AvgIpc) is 2.68. The van der Waals surface area contributed by atoms with Crippen molar-refractivity contribution in [3.05, 3.63) is 70.8 Å². The number of hydrogen-bond donors (Lipinski definition) is 1. The standard InChI is InChI=1S/C21H22N2O2/c1-16-8-9-17(12-18(16)13-22)20(25)23-11-5-10-21(14-23,15-24)19-6-3-2-4-7-19/h2-4,6-9,12,24H,5,10-11,14-15H2,1H3. The van der Waals surface area contributed by atoms with Crippen molar-refractivity contribution >= 4 is 5.91 Å². The van der Waals surface area contributed by atoms with Crippen LogP contribution in [0.4, 0.5) is 0 Å². The molecule has 1 N–H and O–H groups in total. The number of nitriles is 1. The number of benzene rings is 2. The molecule has 0 aliphatic carbocycles. The molecule has 0 radical (unpaired) electrons. The van der Waals surface area contributed by atoms with Gasteiger partial charge in [-0.3, -0.25) is 4.79 Å². The fourth-order valence-corrected chi connectivity index (χ4v) is 3.61. The van der Waals surface area contributed by atoms with E-state index in [2.05, 4.69) is 6.07 Å². The highest BCUT2D eigenvalue weighted by molar-refractivity contribution is 5.94. The maximum atomic E-state index is 12.9. The molecule has 1 saturated heterocycles. The molecule has 4 heteroatoms. The van der Waals surface area contributed by atoms with Gasteiger partial charge in [0.15, 0.2) is 0 Å². The third-order valence-electron chi connectivity index (χ3n) is 5.16. The first-order chi connectivity index (χ1) is 12.1. The van der Waals surface area contributed by atoms with E-state index in [1.54, 1.807) is 17.0 Å². The quantitative estimate of drug-likeness (QED) is 0.938. The van der Waals surface area contributed by atoms with E-state index in [0.717, 1.165) is 24.0 Å². The third kappa shape index (κ3) is 3.29. The second kappa shape index (κ2) is 7.08. The molecule has 1 amide bonds. The Morgan fingerprint density at radius 3 is 2.72 bits per heavy atom. The van der Waals surface area contributed by atoms with Crippen LogP contribution < -0.4 is 0 Å². The lowest BCUT2D eigenvalue weighted by molar-refractivity contribution is 0.0543. The van der Waals surface area contributed by atoms with E-state index in [1.165, 1.54) is 0 Å². The van der Waals surface area contributed by atoms with Gasteiger partial charge in [0.1, 0.15) is 0 Å². The van der Waals surface area contributed by atoms with Crippen LogP contribution in [0.25, 0.3) is 0 Å². The predicted molar refractivity (Wildman–Crippen MR) is 96.2 cm³/mol. The van der Waals surface area contributed by atoms with Gasteiger partial charge < -0.3 is 10.0 Å². The summed E-state index contributed by atoms with van der Waals surface area (Å²) in [5.41, 5.74) is 2.57. The summed E-state index contributed by atoms with van der Waals surface area (Å²) >= 11 is 0. The molecule has 0 bridgehead atoms. The number of carbonyl (C=O) groups excluding carboxylic acids is 1. The van der Waals surface area contributed by atoms with E-state index in [0.29, 0.717) is 24.2 Å². The first-order valence-corrected chi connectivity index (χ1v) is 8.56. The Kier molecular flexibility index (Phi) is 4.87. The fourth-order valence-electron chi connectivity index (χ4n) is 3.61. The van der Waals surface area contributed by atoms with Gasteiger partial charge in [-0.05, 0) is 43.0 Å². The molecule has 0 aromatic heterocycles. The van der Waals surface area contributed by atoms with E-state index in [9.17, 15) is 15.2 Å². The number of aliphatic hydroxyl groups excluding tert-OH is 1. The van der Waals surface area contributed by atoms with Gasteiger partial charge in [0.05, 0.1) is 18.2 Å². The first-order valence-electron chi connectivity index (χ1n) is 8.56. The molecule has 4 nitrogen and oxygen atoms in total. The molecule has 1 fully saturated rings. The van der Waals surface area contributed by atoms with E-state index >= 15 is 0 Å². The Balaban J connectivity index is 1.88. The molecule has 1 unspecified atom stereocenters. The van der Waals surface area contributed by atoms with Crippen molar-refractivity contribution in [2.45, 2.75) is 25.2 Å². The van der Waals surface area contributed by atoms with Crippen molar-refractivity contribution in [2.24, 2.45) is 0 Å². The van der Waals surface area contributed by atoms with Gasteiger partial charge in [0.2, 0.25) is 0 Å². The lowest BCUT2D eigenvalue weighted by Crippen LogP contribution is -2.50. The lowest BCUT2D eigenvalue weighted by atomic mass is 9.74. The second-order valence-corrected chi connectivity index (χ2v) is 6.78. The summed E-state index contributed by atoms with van der Waals surface area (Å²) in [6.45, 7) is 3.03. The Bertz CT molecular complexity index is 810. The van der Waals surface area contributed by atoms with Crippen molar-refractivity contribution in [1.29, 1.82) is 5.26 Å². The Hall–Kier alpha value is -2.64. The zero-order valence-corrected chi connectivity index (χ0v) is 14.4. The van der Waals surface area contributed by atoms with Crippen molar-refractivity contribution in [2.75, 3.05) is 19.7 Å². The third-order valence-corrected chi connectivity index (χ3v) is 5.16. The van der Waals surface area contributed by atoms with Crippen LogP contribution in [-0.4, -0.2) is 35.6 Å². The summed E-state index contributed by atoms with van der Waals surface area (Å²) in [4.78, 5) is 14.8. The van der Waals surface area contributed by atoms with Gasteiger partial charge in [-0.1, -0.05) is 36.4 Å². The number of piperidine rings is 1. The topological polar surface area (TPSA) is 64.3 Å².